The first-order valence-electron chi connectivity index (χ1n) is 7.44. The summed E-state index contributed by atoms with van der Waals surface area (Å²) in [4.78, 5) is 12.2. The first-order chi connectivity index (χ1) is 10.3. The highest BCUT2D eigenvalue weighted by Crippen LogP contribution is 2.27. The molecular weight excluding hydrogens is 270 g/mol. The van der Waals surface area contributed by atoms with Crippen LogP contribution in [0.5, 0.6) is 5.75 Å². The maximum absolute atomic E-state index is 12.2. The predicted molar refractivity (Wildman–Crippen MR) is 77.6 cm³/mol. The van der Waals surface area contributed by atoms with Gasteiger partial charge in [-0.2, -0.15) is 0 Å². The molecule has 0 aromatic heterocycles. The Hall–Kier alpha value is -1.59. The third kappa shape index (κ3) is 3.36. The fraction of sp³-hybridized carbons (Fsp3) is 0.562. The van der Waals surface area contributed by atoms with Gasteiger partial charge in [-0.3, -0.25) is 4.79 Å². The van der Waals surface area contributed by atoms with E-state index in [-0.39, 0.29) is 24.2 Å². The fourth-order valence-corrected chi connectivity index (χ4v) is 3.01. The largest absolute Gasteiger partial charge is 0.497 e. The number of amides is 1. The molecule has 1 saturated heterocycles. The van der Waals surface area contributed by atoms with Crippen LogP contribution in [0.15, 0.2) is 24.3 Å². The second kappa shape index (κ2) is 6.45. The maximum Gasteiger partial charge on any atom is 0.251 e. The number of benzene rings is 1. The van der Waals surface area contributed by atoms with Crippen molar-refractivity contribution in [2.45, 2.75) is 37.5 Å². The van der Waals surface area contributed by atoms with E-state index in [1.54, 1.807) is 31.4 Å². The average Bonchev–Trinajstić information content (AvgIpc) is 2.55. The molecule has 1 amide bonds. The van der Waals surface area contributed by atoms with Crippen LogP contribution < -0.4 is 10.1 Å². The summed E-state index contributed by atoms with van der Waals surface area (Å²) in [6.45, 7) is 1.34. The highest BCUT2D eigenvalue weighted by Gasteiger charge is 2.34. The SMILES string of the molecule is COc1ccc(C(=O)NC2CCC3OCCOC3C2)cc1. The van der Waals surface area contributed by atoms with Crippen molar-refractivity contribution >= 4 is 5.91 Å². The molecule has 0 bridgehead atoms. The molecule has 21 heavy (non-hydrogen) atoms. The molecule has 2 aliphatic rings. The van der Waals surface area contributed by atoms with Gasteiger partial charge < -0.3 is 19.5 Å². The Labute approximate surface area is 124 Å². The zero-order valence-electron chi connectivity index (χ0n) is 12.2. The molecule has 3 atom stereocenters. The van der Waals surface area contributed by atoms with Gasteiger partial charge in [0.05, 0.1) is 32.5 Å². The molecule has 1 heterocycles. The number of nitrogens with one attached hydrogen (secondary N) is 1. The lowest BCUT2D eigenvalue weighted by molar-refractivity contribution is -0.157. The minimum absolute atomic E-state index is 0.0437. The highest BCUT2D eigenvalue weighted by molar-refractivity contribution is 5.94. The lowest BCUT2D eigenvalue weighted by Crippen LogP contribution is -2.49. The summed E-state index contributed by atoms with van der Waals surface area (Å²) >= 11 is 0. The highest BCUT2D eigenvalue weighted by atomic mass is 16.6. The van der Waals surface area contributed by atoms with E-state index < -0.39 is 0 Å². The molecule has 3 rings (SSSR count). The van der Waals surface area contributed by atoms with Crippen molar-refractivity contribution in [3.8, 4) is 5.75 Å². The standard InChI is InChI=1S/C16H21NO4/c1-19-13-5-2-11(3-6-13)16(18)17-12-4-7-14-15(10-12)21-9-8-20-14/h2-3,5-6,12,14-15H,4,7-10H2,1H3,(H,17,18). The molecule has 1 aromatic carbocycles. The van der Waals surface area contributed by atoms with Gasteiger partial charge in [0.2, 0.25) is 0 Å². The zero-order chi connectivity index (χ0) is 14.7. The Balaban J connectivity index is 1.57. The smallest absolute Gasteiger partial charge is 0.251 e. The summed E-state index contributed by atoms with van der Waals surface area (Å²) in [5.74, 6) is 0.706. The van der Waals surface area contributed by atoms with Crippen LogP contribution in [0.2, 0.25) is 0 Å². The van der Waals surface area contributed by atoms with Crippen molar-refractivity contribution in [1.29, 1.82) is 0 Å². The van der Waals surface area contributed by atoms with Crippen molar-refractivity contribution in [1.82, 2.24) is 5.32 Å². The van der Waals surface area contributed by atoms with Gasteiger partial charge in [0.15, 0.2) is 0 Å². The Morgan fingerprint density at radius 3 is 2.57 bits per heavy atom. The number of fused-ring (bicyclic) bond motifs is 1. The van der Waals surface area contributed by atoms with E-state index in [1.807, 2.05) is 0 Å². The molecule has 2 fully saturated rings. The van der Waals surface area contributed by atoms with Crippen LogP contribution in [-0.4, -0.2) is 44.5 Å². The van der Waals surface area contributed by atoms with Gasteiger partial charge in [-0.1, -0.05) is 0 Å². The van der Waals surface area contributed by atoms with Crippen LogP contribution in [0.1, 0.15) is 29.6 Å². The summed E-state index contributed by atoms with van der Waals surface area (Å²) in [7, 11) is 1.61. The van der Waals surface area contributed by atoms with E-state index in [1.165, 1.54) is 0 Å². The number of ether oxygens (including phenoxy) is 3. The topological polar surface area (TPSA) is 56.8 Å². The predicted octanol–water partition coefficient (Wildman–Crippen LogP) is 1.76. The minimum atomic E-state index is -0.0437. The van der Waals surface area contributed by atoms with E-state index in [9.17, 15) is 4.79 Å². The Morgan fingerprint density at radius 2 is 1.86 bits per heavy atom. The fourth-order valence-electron chi connectivity index (χ4n) is 3.01. The Bertz CT molecular complexity index is 488. The summed E-state index contributed by atoms with van der Waals surface area (Å²) in [6, 6.07) is 7.30. The van der Waals surface area contributed by atoms with Crippen LogP contribution in [-0.2, 0) is 9.47 Å². The van der Waals surface area contributed by atoms with E-state index in [4.69, 9.17) is 14.2 Å². The van der Waals surface area contributed by atoms with Crippen molar-refractivity contribution in [2.24, 2.45) is 0 Å². The molecule has 1 aliphatic heterocycles. The molecular formula is C16H21NO4. The number of methoxy groups -OCH3 is 1. The molecule has 0 radical (unpaired) electrons. The number of hydrogen-bond acceptors (Lipinski definition) is 4. The van der Waals surface area contributed by atoms with Crippen molar-refractivity contribution in [2.75, 3.05) is 20.3 Å². The third-order valence-electron chi connectivity index (χ3n) is 4.17. The van der Waals surface area contributed by atoms with Crippen molar-refractivity contribution in [3.63, 3.8) is 0 Å². The monoisotopic (exact) mass is 291 g/mol. The molecule has 1 N–H and O–H groups in total. The Kier molecular flexibility index (Phi) is 4.41. The van der Waals surface area contributed by atoms with Crippen LogP contribution in [0.4, 0.5) is 0 Å². The summed E-state index contributed by atoms with van der Waals surface area (Å²) < 4.78 is 16.5. The molecule has 1 aromatic rings. The summed E-state index contributed by atoms with van der Waals surface area (Å²) in [5, 5.41) is 3.09. The van der Waals surface area contributed by atoms with Gasteiger partial charge in [0, 0.05) is 11.6 Å². The average molecular weight is 291 g/mol. The number of carbonyl (C=O) groups is 1. The second-order valence-electron chi connectivity index (χ2n) is 5.53. The van der Waals surface area contributed by atoms with Gasteiger partial charge in [-0.05, 0) is 43.5 Å². The van der Waals surface area contributed by atoms with Gasteiger partial charge in [0.1, 0.15) is 5.75 Å². The molecule has 5 heteroatoms. The first kappa shape index (κ1) is 14.4. The molecule has 1 saturated carbocycles. The molecule has 5 nitrogen and oxygen atoms in total. The number of carbonyl (C=O) groups excluding carboxylic acids is 1. The first-order valence-corrected chi connectivity index (χ1v) is 7.44. The molecule has 114 valence electrons. The van der Waals surface area contributed by atoms with Crippen molar-refractivity contribution in [3.05, 3.63) is 29.8 Å². The lowest BCUT2D eigenvalue weighted by atomic mass is 9.89. The third-order valence-corrected chi connectivity index (χ3v) is 4.17. The van der Waals surface area contributed by atoms with E-state index >= 15 is 0 Å². The van der Waals surface area contributed by atoms with Gasteiger partial charge >= 0.3 is 0 Å². The van der Waals surface area contributed by atoms with Crippen LogP contribution >= 0.6 is 0 Å². The molecule has 3 unspecified atom stereocenters. The number of hydrogen-bond donors (Lipinski definition) is 1. The normalized spacial score (nSPS) is 28.5. The zero-order valence-corrected chi connectivity index (χ0v) is 12.2. The van der Waals surface area contributed by atoms with Crippen LogP contribution in [0.3, 0.4) is 0 Å². The summed E-state index contributed by atoms with van der Waals surface area (Å²) in [5.41, 5.74) is 0.652. The maximum atomic E-state index is 12.2. The quantitative estimate of drug-likeness (QED) is 0.922. The van der Waals surface area contributed by atoms with Crippen LogP contribution in [0.25, 0.3) is 0 Å². The van der Waals surface area contributed by atoms with Gasteiger partial charge in [-0.15, -0.1) is 0 Å². The van der Waals surface area contributed by atoms with E-state index in [2.05, 4.69) is 5.32 Å². The van der Waals surface area contributed by atoms with Crippen molar-refractivity contribution < 1.29 is 19.0 Å². The minimum Gasteiger partial charge on any atom is -0.497 e. The van der Waals surface area contributed by atoms with E-state index in [0.29, 0.717) is 18.8 Å². The van der Waals surface area contributed by atoms with E-state index in [0.717, 1.165) is 25.0 Å². The molecule has 0 spiro atoms. The number of rotatable bonds is 3. The van der Waals surface area contributed by atoms with Gasteiger partial charge in [-0.25, -0.2) is 0 Å². The Morgan fingerprint density at radius 1 is 1.14 bits per heavy atom. The summed E-state index contributed by atoms with van der Waals surface area (Å²) in [6.07, 6.45) is 3.03. The molecule has 1 aliphatic carbocycles. The lowest BCUT2D eigenvalue weighted by Gasteiger charge is -2.39. The van der Waals surface area contributed by atoms with Gasteiger partial charge in [0.25, 0.3) is 5.91 Å². The second-order valence-corrected chi connectivity index (χ2v) is 5.53. The van der Waals surface area contributed by atoms with Crippen LogP contribution in [0, 0.1) is 0 Å².